The number of hydrogen-bond acceptors (Lipinski definition) is 5. The first kappa shape index (κ1) is 14.6. The van der Waals surface area contributed by atoms with Gasteiger partial charge < -0.3 is 5.11 Å². The first-order valence-electron chi connectivity index (χ1n) is 6.99. The molecule has 0 saturated carbocycles. The van der Waals surface area contributed by atoms with E-state index in [1.807, 2.05) is 30.5 Å². The predicted octanol–water partition coefficient (Wildman–Crippen LogP) is 4.57. The summed E-state index contributed by atoms with van der Waals surface area (Å²) < 4.78 is 0. The van der Waals surface area contributed by atoms with E-state index >= 15 is 0 Å². The van der Waals surface area contributed by atoms with Gasteiger partial charge in [-0.3, -0.25) is 9.97 Å². The molecule has 0 fully saturated rings. The molecule has 0 unspecified atom stereocenters. The summed E-state index contributed by atoms with van der Waals surface area (Å²) in [4.78, 5) is 18.5. The Morgan fingerprint density at radius 2 is 1.57 bits per heavy atom. The van der Waals surface area contributed by atoms with Gasteiger partial charge in [0.15, 0.2) is 0 Å². The first-order chi connectivity index (χ1) is 11.3. The number of phenols is 1. The van der Waals surface area contributed by atoms with E-state index in [2.05, 4.69) is 27.3 Å². The fraction of sp³-hybridized carbons (Fsp3) is 0. The second kappa shape index (κ2) is 6.62. The van der Waals surface area contributed by atoms with Crippen LogP contribution in [0, 0.1) is 4.91 Å². The SMILES string of the molecule is O=Nc1ccc(O)c2ncccc12.c1ccc2ncccc2c1. The highest BCUT2D eigenvalue weighted by atomic mass is 16.3. The molecule has 0 spiro atoms. The molecule has 0 amide bonds. The first-order valence-corrected chi connectivity index (χ1v) is 6.99. The Hall–Kier alpha value is -3.34. The summed E-state index contributed by atoms with van der Waals surface area (Å²) >= 11 is 0. The number of benzene rings is 2. The molecule has 0 saturated heterocycles. The van der Waals surface area contributed by atoms with Gasteiger partial charge in [-0.25, -0.2) is 0 Å². The van der Waals surface area contributed by atoms with Gasteiger partial charge in [0.05, 0.1) is 5.52 Å². The fourth-order valence-corrected chi connectivity index (χ4v) is 2.24. The molecule has 2 aromatic heterocycles. The number of phenolic OH excluding ortho intramolecular Hbond substituents is 1. The number of fused-ring (bicyclic) bond motifs is 2. The van der Waals surface area contributed by atoms with Gasteiger partial charge in [-0.1, -0.05) is 24.3 Å². The van der Waals surface area contributed by atoms with Gasteiger partial charge in [0.2, 0.25) is 0 Å². The van der Waals surface area contributed by atoms with Crippen LogP contribution in [-0.2, 0) is 0 Å². The van der Waals surface area contributed by atoms with Gasteiger partial charge >= 0.3 is 0 Å². The minimum atomic E-state index is 0.0583. The highest BCUT2D eigenvalue weighted by Gasteiger charge is 2.05. The Kier molecular flexibility index (Phi) is 4.20. The van der Waals surface area contributed by atoms with Crippen LogP contribution in [0.3, 0.4) is 0 Å². The van der Waals surface area contributed by atoms with Crippen molar-refractivity contribution >= 4 is 27.5 Å². The fourth-order valence-electron chi connectivity index (χ4n) is 2.24. The lowest BCUT2D eigenvalue weighted by Gasteiger charge is -1.99. The van der Waals surface area contributed by atoms with Crippen LogP contribution >= 0.6 is 0 Å². The van der Waals surface area contributed by atoms with Gasteiger partial charge in [0.25, 0.3) is 0 Å². The number of para-hydroxylation sites is 1. The normalized spacial score (nSPS) is 10.1. The van der Waals surface area contributed by atoms with Crippen molar-refractivity contribution in [2.24, 2.45) is 5.18 Å². The monoisotopic (exact) mass is 303 g/mol. The molecule has 0 aliphatic rings. The van der Waals surface area contributed by atoms with Gasteiger partial charge in [-0.2, -0.15) is 0 Å². The molecule has 0 aliphatic carbocycles. The maximum absolute atomic E-state index is 10.4. The van der Waals surface area contributed by atoms with Crippen LogP contribution in [0.15, 0.2) is 78.2 Å². The molecule has 0 atom stereocenters. The van der Waals surface area contributed by atoms with Crippen LogP contribution < -0.4 is 0 Å². The van der Waals surface area contributed by atoms with Crippen molar-refractivity contribution in [3.63, 3.8) is 0 Å². The lowest BCUT2D eigenvalue weighted by Crippen LogP contribution is -1.78. The number of nitroso groups, excluding NO2 is 1. The maximum atomic E-state index is 10.4. The molecule has 0 radical (unpaired) electrons. The molecule has 112 valence electrons. The van der Waals surface area contributed by atoms with E-state index in [-0.39, 0.29) is 5.75 Å². The van der Waals surface area contributed by atoms with Gasteiger partial charge in [-0.15, -0.1) is 4.91 Å². The Morgan fingerprint density at radius 1 is 0.826 bits per heavy atom. The van der Waals surface area contributed by atoms with Gasteiger partial charge in [-0.05, 0) is 41.6 Å². The summed E-state index contributed by atoms with van der Waals surface area (Å²) in [6.45, 7) is 0. The average molecular weight is 303 g/mol. The summed E-state index contributed by atoms with van der Waals surface area (Å²) in [6, 6.07) is 18.3. The molecular formula is C18H13N3O2. The molecule has 0 bridgehead atoms. The topological polar surface area (TPSA) is 75.4 Å². The molecule has 2 heterocycles. The van der Waals surface area contributed by atoms with Crippen molar-refractivity contribution in [2.45, 2.75) is 0 Å². The largest absolute Gasteiger partial charge is 0.506 e. The van der Waals surface area contributed by atoms with Crippen molar-refractivity contribution in [3.8, 4) is 5.75 Å². The molecule has 2 aromatic carbocycles. The molecular weight excluding hydrogens is 290 g/mol. The van der Waals surface area contributed by atoms with Gasteiger partial charge in [0.1, 0.15) is 17.0 Å². The standard InChI is InChI=1S/C9H6N2O2.C9H7N/c12-8-4-3-7(11-13)6-2-1-5-10-9(6)8;1-2-6-9-8(4-1)5-3-7-10-9/h1-5,12H;1-7H. The van der Waals surface area contributed by atoms with E-state index in [1.54, 1.807) is 18.3 Å². The molecule has 23 heavy (non-hydrogen) atoms. The lowest BCUT2D eigenvalue weighted by molar-refractivity contribution is 0.480. The second-order valence-corrected chi connectivity index (χ2v) is 4.79. The summed E-state index contributed by atoms with van der Waals surface area (Å²) in [7, 11) is 0. The molecule has 0 aliphatic heterocycles. The minimum Gasteiger partial charge on any atom is -0.506 e. The third kappa shape index (κ3) is 3.13. The van der Waals surface area contributed by atoms with E-state index in [4.69, 9.17) is 0 Å². The molecule has 5 nitrogen and oxygen atoms in total. The van der Waals surface area contributed by atoms with Crippen molar-refractivity contribution in [2.75, 3.05) is 0 Å². The van der Waals surface area contributed by atoms with Crippen molar-refractivity contribution in [3.05, 3.63) is 78.0 Å². The Balaban J connectivity index is 0.000000140. The summed E-state index contributed by atoms with van der Waals surface area (Å²) in [6.07, 6.45) is 3.36. The number of hydrogen-bond donors (Lipinski definition) is 1. The van der Waals surface area contributed by atoms with Crippen LogP contribution in [0.1, 0.15) is 0 Å². The molecule has 5 heteroatoms. The van der Waals surface area contributed by atoms with Crippen LogP contribution in [0.2, 0.25) is 0 Å². The average Bonchev–Trinajstić information content (AvgIpc) is 2.63. The van der Waals surface area contributed by atoms with Crippen LogP contribution in [-0.4, -0.2) is 15.1 Å². The minimum absolute atomic E-state index is 0.0583. The van der Waals surface area contributed by atoms with E-state index in [0.717, 1.165) is 5.52 Å². The lowest BCUT2D eigenvalue weighted by atomic mass is 10.2. The summed E-state index contributed by atoms with van der Waals surface area (Å²) in [5.41, 5.74) is 1.76. The van der Waals surface area contributed by atoms with E-state index in [0.29, 0.717) is 16.6 Å². The highest BCUT2D eigenvalue weighted by Crippen LogP contribution is 2.30. The van der Waals surface area contributed by atoms with Gasteiger partial charge in [0, 0.05) is 23.2 Å². The van der Waals surface area contributed by atoms with E-state index < -0.39 is 0 Å². The Labute approximate surface area is 132 Å². The van der Waals surface area contributed by atoms with Crippen LogP contribution in [0.4, 0.5) is 5.69 Å². The zero-order chi connectivity index (χ0) is 16.1. The highest BCUT2D eigenvalue weighted by molar-refractivity contribution is 5.93. The predicted molar refractivity (Wildman–Crippen MR) is 90.6 cm³/mol. The van der Waals surface area contributed by atoms with E-state index in [1.165, 1.54) is 17.5 Å². The van der Waals surface area contributed by atoms with Crippen LogP contribution in [0.25, 0.3) is 21.8 Å². The Bertz CT molecular complexity index is 905. The van der Waals surface area contributed by atoms with Crippen molar-refractivity contribution in [1.82, 2.24) is 9.97 Å². The third-order valence-corrected chi connectivity index (χ3v) is 3.34. The molecule has 1 N–H and O–H groups in total. The Morgan fingerprint density at radius 3 is 2.39 bits per heavy atom. The number of aromatic hydroxyl groups is 1. The van der Waals surface area contributed by atoms with Crippen LogP contribution in [0.5, 0.6) is 5.75 Å². The number of rotatable bonds is 1. The quantitative estimate of drug-likeness (QED) is 0.522. The smallest absolute Gasteiger partial charge is 0.141 e. The van der Waals surface area contributed by atoms with E-state index in [9.17, 15) is 10.0 Å². The van der Waals surface area contributed by atoms with Crippen molar-refractivity contribution in [1.29, 1.82) is 0 Å². The zero-order valence-corrected chi connectivity index (χ0v) is 12.1. The maximum Gasteiger partial charge on any atom is 0.141 e. The number of nitrogens with zero attached hydrogens (tertiary/aromatic N) is 3. The molecule has 4 aromatic rings. The summed E-state index contributed by atoms with van der Waals surface area (Å²) in [5, 5.41) is 14.0. The number of pyridine rings is 2. The second-order valence-electron chi connectivity index (χ2n) is 4.79. The third-order valence-electron chi connectivity index (χ3n) is 3.34. The molecule has 4 rings (SSSR count). The summed E-state index contributed by atoms with van der Waals surface area (Å²) in [5.74, 6) is 0.0583. The zero-order valence-electron chi connectivity index (χ0n) is 12.1. The van der Waals surface area contributed by atoms with Crippen molar-refractivity contribution < 1.29 is 5.11 Å². The number of aromatic nitrogens is 2.